The van der Waals surface area contributed by atoms with Gasteiger partial charge in [-0.2, -0.15) is 0 Å². The van der Waals surface area contributed by atoms with Gasteiger partial charge in [-0.15, -0.1) is 10.2 Å². The topological polar surface area (TPSA) is 110 Å². The van der Waals surface area contributed by atoms with Crippen molar-refractivity contribution in [3.63, 3.8) is 0 Å². The van der Waals surface area contributed by atoms with Crippen molar-refractivity contribution in [3.05, 3.63) is 70.5 Å². The lowest BCUT2D eigenvalue weighted by Crippen LogP contribution is -2.38. The van der Waals surface area contributed by atoms with E-state index in [9.17, 15) is 19.3 Å². The third kappa shape index (κ3) is 5.05. The Labute approximate surface area is 189 Å². The molecule has 170 valence electrons. The minimum atomic E-state index is -0.515. The second-order valence-corrected chi connectivity index (χ2v) is 7.68. The summed E-state index contributed by atoms with van der Waals surface area (Å²) in [6, 6.07) is 13.9. The number of nitro groups is 1. The van der Waals surface area contributed by atoms with E-state index in [1.54, 1.807) is 12.1 Å². The van der Waals surface area contributed by atoms with Crippen LogP contribution >= 0.6 is 0 Å². The van der Waals surface area contributed by atoms with E-state index in [2.05, 4.69) is 20.4 Å². The van der Waals surface area contributed by atoms with Gasteiger partial charge in [-0.3, -0.25) is 14.9 Å². The van der Waals surface area contributed by atoms with E-state index in [1.165, 1.54) is 37.4 Å². The van der Waals surface area contributed by atoms with Crippen molar-refractivity contribution in [2.75, 3.05) is 30.4 Å². The summed E-state index contributed by atoms with van der Waals surface area (Å²) >= 11 is 0. The van der Waals surface area contributed by atoms with Crippen LogP contribution in [0.2, 0.25) is 0 Å². The summed E-state index contributed by atoms with van der Waals surface area (Å²) in [4.78, 5) is 25.2. The number of amides is 1. The second-order valence-electron chi connectivity index (χ2n) is 7.68. The number of hydrogen-bond donors (Lipinski definition) is 1. The van der Waals surface area contributed by atoms with Gasteiger partial charge in [-0.05, 0) is 55.3 Å². The van der Waals surface area contributed by atoms with Gasteiger partial charge in [0.15, 0.2) is 5.82 Å². The minimum Gasteiger partial charge on any atom is -0.494 e. The lowest BCUT2D eigenvalue weighted by molar-refractivity contribution is -0.384. The lowest BCUT2D eigenvalue weighted by atomic mass is 9.95. The monoisotopic (exact) mass is 451 g/mol. The molecule has 3 aromatic rings. The van der Waals surface area contributed by atoms with E-state index in [1.807, 2.05) is 12.1 Å². The quantitative estimate of drug-likeness (QED) is 0.445. The number of ether oxygens (including phenoxy) is 1. The Morgan fingerprint density at radius 1 is 1.12 bits per heavy atom. The van der Waals surface area contributed by atoms with Crippen LogP contribution in [0.3, 0.4) is 0 Å². The molecule has 9 nitrogen and oxygen atoms in total. The maximum Gasteiger partial charge on any atom is 0.273 e. The summed E-state index contributed by atoms with van der Waals surface area (Å²) in [6.07, 6.45) is 1.26. The molecule has 0 atom stereocenters. The molecule has 0 saturated carbocycles. The number of nitro benzene ring substituents is 1. The zero-order valence-corrected chi connectivity index (χ0v) is 17.9. The first-order chi connectivity index (χ1) is 15.9. The number of aromatic nitrogens is 2. The molecule has 1 aromatic heterocycles. The number of carbonyl (C=O) groups excluding carboxylic acids is 1. The Morgan fingerprint density at radius 2 is 1.85 bits per heavy atom. The molecular formula is C23H22FN5O4. The van der Waals surface area contributed by atoms with E-state index in [0.29, 0.717) is 37.3 Å². The number of halogens is 1. The first kappa shape index (κ1) is 22.1. The van der Waals surface area contributed by atoms with Crippen molar-refractivity contribution >= 4 is 23.1 Å². The molecule has 1 saturated heterocycles. The molecule has 0 unspecified atom stereocenters. The number of carbonyl (C=O) groups is 1. The van der Waals surface area contributed by atoms with Crippen molar-refractivity contribution < 1.29 is 18.8 Å². The van der Waals surface area contributed by atoms with Gasteiger partial charge in [-0.1, -0.05) is 0 Å². The van der Waals surface area contributed by atoms with Gasteiger partial charge in [0, 0.05) is 30.6 Å². The van der Waals surface area contributed by atoms with Crippen LogP contribution in [-0.2, 0) is 4.79 Å². The molecule has 0 radical (unpaired) electrons. The smallest absolute Gasteiger partial charge is 0.273 e. The molecule has 2 aromatic carbocycles. The van der Waals surface area contributed by atoms with Crippen molar-refractivity contribution in [1.82, 2.24) is 10.2 Å². The Morgan fingerprint density at radius 3 is 2.45 bits per heavy atom. The van der Waals surface area contributed by atoms with Crippen LogP contribution in [0.4, 0.5) is 21.6 Å². The average molecular weight is 451 g/mol. The van der Waals surface area contributed by atoms with Crippen LogP contribution in [-0.4, -0.2) is 41.2 Å². The van der Waals surface area contributed by atoms with E-state index >= 15 is 0 Å². The molecule has 1 amide bonds. The van der Waals surface area contributed by atoms with Crippen LogP contribution in [0.15, 0.2) is 54.6 Å². The van der Waals surface area contributed by atoms with Crippen molar-refractivity contribution in [1.29, 1.82) is 0 Å². The number of benzene rings is 2. The Balaban J connectivity index is 1.35. The zero-order valence-electron chi connectivity index (χ0n) is 17.9. The molecule has 33 heavy (non-hydrogen) atoms. The van der Waals surface area contributed by atoms with Crippen LogP contribution in [0.25, 0.3) is 11.3 Å². The standard InChI is InChI=1S/C23H22FN5O4/c1-33-21-14-18(29(31)32)6-7-20(21)25-23(30)16-10-12-28(13-11-16)22-9-8-19(26-27-22)15-2-4-17(24)5-3-15/h2-9,14,16H,10-13H2,1H3,(H,25,30). The highest BCUT2D eigenvalue weighted by Crippen LogP contribution is 2.30. The largest absolute Gasteiger partial charge is 0.494 e. The average Bonchev–Trinajstić information content (AvgIpc) is 2.85. The van der Waals surface area contributed by atoms with Crippen LogP contribution in [0, 0.1) is 21.8 Å². The van der Waals surface area contributed by atoms with Gasteiger partial charge in [0.05, 0.1) is 29.5 Å². The number of rotatable bonds is 6. The van der Waals surface area contributed by atoms with Crippen molar-refractivity contribution in [2.24, 2.45) is 5.92 Å². The normalized spacial score (nSPS) is 14.1. The van der Waals surface area contributed by atoms with Crippen LogP contribution in [0.1, 0.15) is 12.8 Å². The molecular weight excluding hydrogens is 429 g/mol. The summed E-state index contributed by atoms with van der Waals surface area (Å²) in [6.45, 7) is 1.28. The molecule has 2 heterocycles. The summed E-state index contributed by atoms with van der Waals surface area (Å²) in [7, 11) is 1.40. The lowest BCUT2D eigenvalue weighted by Gasteiger charge is -2.31. The maximum atomic E-state index is 13.1. The molecule has 1 fully saturated rings. The van der Waals surface area contributed by atoms with Gasteiger partial charge in [0.2, 0.25) is 5.91 Å². The third-order valence-corrected chi connectivity index (χ3v) is 5.63. The fourth-order valence-corrected chi connectivity index (χ4v) is 3.77. The molecule has 1 N–H and O–H groups in total. The third-order valence-electron chi connectivity index (χ3n) is 5.63. The van der Waals surface area contributed by atoms with Gasteiger partial charge in [-0.25, -0.2) is 4.39 Å². The number of piperidine rings is 1. The SMILES string of the molecule is COc1cc([N+](=O)[O-])ccc1NC(=O)C1CCN(c2ccc(-c3ccc(F)cc3)nn2)CC1. The van der Waals surface area contributed by atoms with E-state index in [-0.39, 0.29) is 29.1 Å². The summed E-state index contributed by atoms with van der Waals surface area (Å²) < 4.78 is 18.3. The van der Waals surface area contributed by atoms with Crippen LogP contribution in [0.5, 0.6) is 5.75 Å². The number of hydrogen-bond acceptors (Lipinski definition) is 7. The van der Waals surface area contributed by atoms with Crippen molar-refractivity contribution in [3.8, 4) is 17.0 Å². The summed E-state index contributed by atoms with van der Waals surface area (Å²) in [5.41, 5.74) is 1.74. The Kier molecular flexibility index (Phi) is 6.43. The van der Waals surface area contributed by atoms with Crippen LogP contribution < -0.4 is 15.0 Å². The second kappa shape index (κ2) is 9.60. The molecule has 10 heteroatoms. The molecule has 0 spiro atoms. The first-order valence-corrected chi connectivity index (χ1v) is 10.4. The predicted octanol–water partition coefficient (Wildman–Crippen LogP) is 4.05. The number of nitrogens with one attached hydrogen (secondary N) is 1. The van der Waals surface area contributed by atoms with Gasteiger partial charge in [0.25, 0.3) is 5.69 Å². The van der Waals surface area contributed by atoms with Gasteiger partial charge in [0.1, 0.15) is 11.6 Å². The summed E-state index contributed by atoms with van der Waals surface area (Å²) in [5, 5.41) is 22.3. The predicted molar refractivity (Wildman–Crippen MR) is 121 cm³/mol. The highest BCUT2D eigenvalue weighted by Gasteiger charge is 2.27. The zero-order chi connectivity index (χ0) is 23.4. The molecule has 1 aliphatic heterocycles. The fourth-order valence-electron chi connectivity index (χ4n) is 3.77. The van der Waals surface area contributed by atoms with Gasteiger partial charge >= 0.3 is 0 Å². The number of nitrogens with zero attached hydrogens (tertiary/aromatic N) is 4. The fraction of sp³-hybridized carbons (Fsp3) is 0.261. The molecule has 0 aliphatic carbocycles. The van der Waals surface area contributed by atoms with Crippen molar-refractivity contribution in [2.45, 2.75) is 12.8 Å². The van der Waals surface area contributed by atoms with Gasteiger partial charge < -0.3 is 15.0 Å². The molecule has 0 bridgehead atoms. The molecule has 1 aliphatic rings. The Hall–Kier alpha value is -4.08. The highest BCUT2D eigenvalue weighted by molar-refractivity contribution is 5.94. The maximum absolute atomic E-state index is 13.1. The number of non-ortho nitro benzene ring substituents is 1. The number of anilines is 2. The first-order valence-electron chi connectivity index (χ1n) is 10.4. The van der Waals surface area contributed by atoms with E-state index in [4.69, 9.17) is 4.74 Å². The minimum absolute atomic E-state index is 0.107. The van der Waals surface area contributed by atoms with E-state index < -0.39 is 4.92 Å². The summed E-state index contributed by atoms with van der Waals surface area (Å²) in [5.74, 6) is 0.303. The Bertz CT molecular complexity index is 1150. The number of methoxy groups -OCH3 is 1. The molecule has 4 rings (SSSR count). The van der Waals surface area contributed by atoms with E-state index in [0.717, 1.165) is 11.4 Å². The highest BCUT2D eigenvalue weighted by atomic mass is 19.1.